The highest BCUT2D eigenvalue weighted by molar-refractivity contribution is 5.84. The molecule has 0 aromatic carbocycles. The summed E-state index contributed by atoms with van der Waals surface area (Å²) in [5, 5.41) is 0. The fourth-order valence-corrected chi connectivity index (χ4v) is 2.46. The Morgan fingerprint density at radius 1 is 1.53 bits per heavy atom. The predicted molar refractivity (Wildman–Crippen MR) is 65.6 cm³/mol. The summed E-state index contributed by atoms with van der Waals surface area (Å²) >= 11 is 0. The highest BCUT2D eigenvalue weighted by Crippen LogP contribution is 2.35. The van der Waals surface area contributed by atoms with Crippen molar-refractivity contribution >= 4 is 11.9 Å². The highest BCUT2D eigenvalue weighted by atomic mass is 16.7. The van der Waals surface area contributed by atoms with Crippen LogP contribution in [0.4, 0.5) is 0 Å². The SMILES string of the molecule is C=CCOC(=O)C1CC(=O)OC1(N)OC1CCCC1. The van der Waals surface area contributed by atoms with Gasteiger partial charge < -0.3 is 14.2 Å². The molecule has 2 fully saturated rings. The zero-order valence-electron chi connectivity index (χ0n) is 10.8. The summed E-state index contributed by atoms with van der Waals surface area (Å²) in [5.41, 5.74) is 5.95. The first-order chi connectivity index (χ1) is 9.05. The molecule has 1 saturated carbocycles. The van der Waals surface area contributed by atoms with E-state index in [-0.39, 0.29) is 19.1 Å². The zero-order chi connectivity index (χ0) is 13.9. The van der Waals surface area contributed by atoms with Crippen molar-refractivity contribution in [2.24, 2.45) is 11.7 Å². The summed E-state index contributed by atoms with van der Waals surface area (Å²) < 4.78 is 15.6. The van der Waals surface area contributed by atoms with Gasteiger partial charge in [-0.1, -0.05) is 25.5 Å². The molecule has 6 nitrogen and oxygen atoms in total. The normalized spacial score (nSPS) is 31.2. The minimum absolute atomic E-state index is 0.0643. The van der Waals surface area contributed by atoms with E-state index >= 15 is 0 Å². The van der Waals surface area contributed by atoms with Crippen LogP contribution in [0.25, 0.3) is 0 Å². The molecule has 1 saturated heterocycles. The molecule has 2 aliphatic rings. The van der Waals surface area contributed by atoms with Gasteiger partial charge in [0.25, 0.3) is 5.91 Å². The minimum Gasteiger partial charge on any atom is -0.461 e. The van der Waals surface area contributed by atoms with Crippen molar-refractivity contribution in [3.8, 4) is 0 Å². The summed E-state index contributed by atoms with van der Waals surface area (Å²) in [5.74, 6) is -3.74. The first kappa shape index (κ1) is 14.0. The van der Waals surface area contributed by atoms with Gasteiger partial charge in [-0.2, -0.15) is 0 Å². The molecule has 2 N–H and O–H groups in total. The van der Waals surface area contributed by atoms with E-state index in [1.165, 1.54) is 6.08 Å². The van der Waals surface area contributed by atoms with Gasteiger partial charge in [0, 0.05) is 0 Å². The fraction of sp³-hybridized carbons (Fsp3) is 0.692. The number of ether oxygens (including phenoxy) is 3. The van der Waals surface area contributed by atoms with Crippen LogP contribution < -0.4 is 5.73 Å². The molecule has 0 aromatic heterocycles. The van der Waals surface area contributed by atoms with E-state index in [0.717, 1.165) is 25.7 Å². The Bertz CT molecular complexity index is 377. The van der Waals surface area contributed by atoms with Crippen LogP contribution in [0.5, 0.6) is 0 Å². The van der Waals surface area contributed by atoms with Crippen LogP contribution in [-0.2, 0) is 23.8 Å². The maximum absolute atomic E-state index is 11.9. The highest BCUT2D eigenvalue weighted by Gasteiger charge is 2.54. The first-order valence-corrected chi connectivity index (χ1v) is 6.51. The lowest BCUT2D eigenvalue weighted by molar-refractivity contribution is -0.246. The Labute approximate surface area is 111 Å². The Balaban J connectivity index is 2.04. The quantitative estimate of drug-likeness (QED) is 0.452. The predicted octanol–water partition coefficient (Wildman–Crippen LogP) is 0.850. The molecule has 0 amide bonds. The largest absolute Gasteiger partial charge is 0.461 e. The molecule has 1 heterocycles. The van der Waals surface area contributed by atoms with E-state index in [4.69, 9.17) is 19.9 Å². The molecule has 2 rings (SSSR count). The van der Waals surface area contributed by atoms with Gasteiger partial charge in [-0.3, -0.25) is 15.3 Å². The third-order valence-electron chi connectivity index (χ3n) is 3.41. The van der Waals surface area contributed by atoms with E-state index in [0.29, 0.717) is 0 Å². The average molecular weight is 269 g/mol. The Morgan fingerprint density at radius 3 is 2.84 bits per heavy atom. The molecule has 1 aliphatic heterocycles. The van der Waals surface area contributed by atoms with Gasteiger partial charge in [-0.25, -0.2) is 0 Å². The van der Waals surface area contributed by atoms with Crippen molar-refractivity contribution in [1.29, 1.82) is 0 Å². The third kappa shape index (κ3) is 3.13. The molecule has 0 bridgehead atoms. The monoisotopic (exact) mass is 269 g/mol. The van der Waals surface area contributed by atoms with Gasteiger partial charge in [-0.05, 0) is 12.8 Å². The van der Waals surface area contributed by atoms with Crippen molar-refractivity contribution in [2.75, 3.05) is 6.61 Å². The van der Waals surface area contributed by atoms with Gasteiger partial charge >= 0.3 is 11.9 Å². The van der Waals surface area contributed by atoms with Crippen molar-refractivity contribution in [1.82, 2.24) is 0 Å². The average Bonchev–Trinajstić information content (AvgIpc) is 2.94. The molecule has 1 aliphatic carbocycles. The summed E-state index contributed by atoms with van der Waals surface area (Å²) in [4.78, 5) is 23.3. The number of cyclic esters (lactones) is 1. The third-order valence-corrected chi connectivity index (χ3v) is 3.41. The van der Waals surface area contributed by atoms with Crippen LogP contribution in [0.1, 0.15) is 32.1 Å². The van der Waals surface area contributed by atoms with Crippen LogP contribution in [0, 0.1) is 5.92 Å². The van der Waals surface area contributed by atoms with E-state index in [1.54, 1.807) is 0 Å². The maximum Gasteiger partial charge on any atom is 0.318 e. The minimum atomic E-state index is -1.69. The van der Waals surface area contributed by atoms with Crippen LogP contribution in [0.3, 0.4) is 0 Å². The van der Waals surface area contributed by atoms with E-state index in [1.807, 2.05) is 0 Å². The smallest absolute Gasteiger partial charge is 0.318 e. The molecule has 106 valence electrons. The van der Waals surface area contributed by atoms with Crippen molar-refractivity contribution in [3.63, 3.8) is 0 Å². The lowest BCUT2D eigenvalue weighted by Crippen LogP contribution is -2.52. The number of nitrogens with two attached hydrogens (primary N) is 1. The second-order valence-electron chi connectivity index (χ2n) is 4.90. The Kier molecular flexibility index (Phi) is 4.21. The molecule has 2 atom stereocenters. The molecule has 0 spiro atoms. The second kappa shape index (κ2) is 5.71. The van der Waals surface area contributed by atoms with Gasteiger partial charge in [-0.15, -0.1) is 0 Å². The molecule has 6 heteroatoms. The van der Waals surface area contributed by atoms with Crippen molar-refractivity contribution in [3.05, 3.63) is 12.7 Å². The Hall–Kier alpha value is -1.40. The van der Waals surface area contributed by atoms with Gasteiger partial charge in [0.05, 0.1) is 12.5 Å². The number of hydrogen-bond donors (Lipinski definition) is 1. The number of hydrogen-bond acceptors (Lipinski definition) is 6. The molecular weight excluding hydrogens is 250 g/mol. The summed E-state index contributed by atoms with van der Waals surface area (Å²) in [6.07, 6.45) is 5.12. The Morgan fingerprint density at radius 2 is 2.21 bits per heavy atom. The maximum atomic E-state index is 11.9. The summed E-state index contributed by atoms with van der Waals surface area (Å²) in [6.45, 7) is 3.53. The van der Waals surface area contributed by atoms with Crippen LogP contribution >= 0.6 is 0 Å². The molecule has 19 heavy (non-hydrogen) atoms. The van der Waals surface area contributed by atoms with Crippen LogP contribution in [0.15, 0.2) is 12.7 Å². The second-order valence-corrected chi connectivity index (χ2v) is 4.90. The van der Waals surface area contributed by atoms with E-state index in [2.05, 4.69) is 6.58 Å². The van der Waals surface area contributed by atoms with Crippen LogP contribution in [-0.4, -0.2) is 30.6 Å². The number of carbonyl (C=O) groups excluding carboxylic acids is 2. The lowest BCUT2D eigenvalue weighted by atomic mass is 10.0. The summed E-state index contributed by atoms with van der Waals surface area (Å²) in [7, 11) is 0. The first-order valence-electron chi connectivity index (χ1n) is 6.51. The van der Waals surface area contributed by atoms with Crippen molar-refractivity contribution < 1.29 is 23.8 Å². The van der Waals surface area contributed by atoms with Gasteiger partial charge in [0.1, 0.15) is 12.5 Å². The van der Waals surface area contributed by atoms with E-state index in [9.17, 15) is 9.59 Å². The van der Waals surface area contributed by atoms with E-state index < -0.39 is 23.8 Å². The topological polar surface area (TPSA) is 87.9 Å². The molecule has 0 aromatic rings. The van der Waals surface area contributed by atoms with Gasteiger partial charge in [0.15, 0.2) is 0 Å². The summed E-state index contributed by atoms with van der Waals surface area (Å²) in [6, 6.07) is 0. The molecular formula is C13H19NO5. The van der Waals surface area contributed by atoms with Crippen molar-refractivity contribution in [2.45, 2.75) is 44.1 Å². The molecule has 0 radical (unpaired) electrons. The fourth-order valence-electron chi connectivity index (χ4n) is 2.46. The standard InChI is InChI=1S/C13H19NO5/c1-2-7-17-12(16)10-8-11(15)19-13(10,14)18-9-5-3-4-6-9/h2,9-10H,1,3-8,14H2. The molecule has 2 unspecified atom stereocenters. The van der Waals surface area contributed by atoms with Gasteiger partial charge in [0.2, 0.25) is 0 Å². The number of rotatable bonds is 5. The number of carbonyl (C=O) groups is 2. The number of esters is 2. The zero-order valence-corrected chi connectivity index (χ0v) is 10.8. The lowest BCUT2D eigenvalue weighted by Gasteiger charge is -2.30. The van der Waals surface area contributed by atoms with Crippen LogP contribution in [0.2, 0.25) is 0 Å².